The molecule has 15 heteroatoms. The van der Waals surface area contributed by atoms with Gasteiger partial charge in [-0.25, -0.2) is 14.8 Å². The van der Waals surface area contributed by atoms with Crippen molar-refractivity contribution in [2.75, 3.05) is 23.8 Å². The first-order chi connectivity index (χ1) is 18.8. The highest BCUT2D eigenvalue weighted by Gasteiger charge is 2.38. The number of carboxylic acids is 1. The van der Waals surface area contributed by atoms with Crippen molar-refractivity contribution < 1.29 is 42.2 Å². The van der Waals surface area contributed by atoms with Crippen LogP contribution in [0.4, 0.5) is 24.7 Å². The van der Waals surface area contributed by atoms with Crippen LogP contribution in [0.1, 0.15) is 44.5 Å². The predicted octanol–water partition coefficient (Wildman–Crippen LogP) is 4.20. The topological polar surface area (TPSA) is 174 Å². The van der Waals surface area contributed by atoms with Gasteiger partial charge in [0.25, 0.3) is 11.8 Å². The standard InChI is InChI=1S/C23H22ClN5O4.C2HF3O2/c1-14(30)15-5-7-17(19(12-15)33-11-3-9-25)22(31)28-18-4-2-10-26-21(18)23(32)29-20-8-6-16(24)13-27-20;3-2(4,5)1(6)7/h2,4-8,10,12-13H,3,9,11,25H2,1H3,(H,28,31)(H,27,29,32);(H,6,7). The van der Waals surface area contributed by atoms with E-state index in [0.717, 1.165) is 0 Å². The summed E-state index contributed by atoms with van der Waals surface area (Å²) in [7, 11) is 0. The quantitative estimate of drug-likeness (QED) is 0.213. The zero-order valence-electron chi connectivity index (χ0n) is 20.8. The van der Waals surface area contributed by atoms with E-state index >= 15 is 0 Å². The normalized spacial score (nSPS) is 10.6. The first-order valence-electron chi connectivity index (χ1n) is 11.3. The second-order valence-electron chi connectivity index (χ2n) is 7.73. The summed E-state index contributed by atoms with van der Waals surface area (Å²) < 4.78 is 37.4. The van der Waals surface area contributed by atoms with Crippen LogP contribution in [0.15, 0.2) is 54.9 Å². The number of pyridine rings is 2. The summed E-state index contributed by atoms with van der Waals surface area (Å²) in [5.74, 6) is -3.48. The molecule has 212 valence electrons. The van der Waals surface area contributed by atoms with Crippen LogP contribution in [0.25, 0.3) is 0 Å². The SMILES string of the molecule is CC(=O)c1ccc(C(=O)Nc2cccnc2C(=O)Nc2ccc(Cl)cn2)c(OCCCN)c1.O=C(O)C(F)(F)F. The molecule has 2 amide bonds. The molecule has 2 heterocycles. The van der Waals surface area contributed by atoms with Crippen LogP contribution in [0, 0.1) is 0 Å². The number of alkyl halides is 3. The Hall–Kier alpha value is -4.56. The van der Waals surface area contributed by atoms with Crippen molar-refractivity contribution in [1.82, 2.24) is 9.97 Å². The van der Waals surface area contributed by atoms with E-state index in [2.05, 4.69) is 20.6 Å². The zero-order valence-corrected chi connectivity index (χ0v) is 21.5. The van der Waals surface area contributed by atoms with E-state index in [1.54, 1.807) is 24.3 Å². The molecule has 1 aromatic carbocycles. The Morgan fingerprint density at radius 2 is 1.75 bits per heavy atom. The summed E-state index contributed by atoms with van der Waals surface area (Å²) in [6.45, 7) is 2.13. The van der Waals surface area contributed by atoms with Crippen LogP contribution in [-0.4, -0.2) is 58.0 Å². The van der Waals surface area contributed by atoms with Gasteiger partial charge in [-0.15, -0.1) is 0 Å². The molecule has 0 aliphatic heterocycles. The fourth-order valence-corrected chi connectivity index (χ4v) is 2.93. The van der Waals surface area contributed by atoms with Crippen molar-refractivity contribution in [2.45, 2.75) is 19.5 Å². The number of hydrogen-bond acceptors (Lipinski definition) is 8. The summed E-state index contributed by atoms with van der Waals surface area (Å²) in [4.78, 5) is 54.5. The van der Waals surface area contributed by atoms with Crippen LogP contribution in [-0.2, 0) is 4.79 Å². The lowest BCUT2D eigenvalue weighted by molar-refractivity contribution is -0.192. The van der Waals surface area contributed by atoms with Crippen molar-refractivity contribution >= 4 is 46.7 Å². The number of aromatic nitrogens is 2. The zero-order chi connectivity index (χ0) is 29.9. The summed E-state index contributed by atoms with van der Waals surface area (Å²) in [5.41, 5.74) is 6.30. The van der Waals surface area contributed by atoms with Gasteiger partial charge in [0.05, 0.1) is 22.9 Å². The van der Waals surface area contributed by atoms with E-state index in [4.69, 9.17) is 32.0 Å². The molecule has 0 bridgehead atoms. The Kier molecular flexibility index (Phi) is 11.5. The molecule has 5 N–H and O–H groups in total. The Morgan fingerprint density at radius 3 is 2.33 bits per heavy atom. The van der Waals surface area contributed by atoms with E-state index in [0.29, 0.717) is 23.6 Å². The predicted molar refractivity (Wildman–Crippen MR) is 139 cm³/mol. The van der Waals surface area contributed by atoms with Gasteiger partial charge in [-0.05, 0) is 56.3 Å². The van der Waals surface area contributed by atoms with Gasteiger partial charge in [-0.2, -0.15) is 13.2 Å². The van der Waals surface area contributed by atoms with E-state index in [1.165, 1.54) is 37.5 Å². The first kappa shape index (κ1) is 31.7. The van der Waals surface area contributed by atoms with Crippen molar-refractivity contribution in [1.29, 1.82) is 0 Å². The van der Waals surface area contributed by atoms with Crippen LogP contribution in [0.2, 0.25) is 5.02 Å². The molecule has 0 saturated heterocycles. The summed E-state index contributed by atoms with van der Waals surface area (Å²) in [6.07, 6.45) is -1.67. The number of rotatable bonds is 9. The number of carbonyl (C=O) groups excluding carboxylic acids is 3. The third kappa shape index (κ3) is 9.63. The second-order valence-corrected chi connectivity index (χ2v) is 8.17. The number of ketones is 1. The number of halogens is 4. The number of carbonyl (C=O) groups is 4. The van der Waals surface area contributed by atoms with Crippen LogP contribution >= 0.6 is 11.6 Å². The van der Waals surface area contributed by atoms with E-state index in [-0.39, 0.29) is 40.9 Å². The highest BCUT2D eigenvalue weighted by Crippen LogP contribution is 2.24. The van der Waals surface area contributed by atoms with Gasteiger partial charge in [0, 0.05) is 18.0 Å². The fourth-order valence-electron chi connectivity index (χ4n) is 2.82. The van der Waals surface area contributed by atoms with Crippen LogP contribution in [0.3, 0.4) is 0 Å². The molecule has 40 heavy (non-hydrogen) atoms. The largest absolute Gasteiger partial charge is 0.493 e. The number of Topliss-reactive ketones (excluding diaryl/α,β-unsaturated/α-hetero) is 1. The van der Waals surface area contributed by atoms with Crippen molar-refractivity contribution in [3.05, 3.63) is 76.7 Å². The monoisotopic (exact) mass is 581 g/mol. The van der Waals surface area contributed by atoms with Crippen molar-refractivity contribution in [3.8, 4) is 5.75 Å². The molecule has 3 rings (SSSR count). The first-order valence-corrected chi connectivity index (χ1v) is 11.7. The smallest absolute Gasteiger partial charge is 0.490 e. The molecule has 0 atom stereocenters. The van der Waals surface area contributed by atoms with Crippen molar-refractivity contribution in [3.63, 3.8) is 0 Å². The lowest BCUT2D eigenvalue weighted by Gasteiger charge is -2.14. The van der Waals surface area contributed by atoms with E-state index in [9.17, 15) is 27.6 Å². The summed E-state index contributed by atoms with van der Waals surface area (Å²) in [6, 6.07) is 10.8. The second kappa shape index (κ2) is 14.6. The fraction of sp³-hybridized carbons (Fsp3) is 0.200. The molecule has 3 aromatic rings. The van der Waals surface area contributed by atoms with Gasteiger partial charge >= 0.3 is 12.1 Å². The molecule has 0 aliphatic rings. The lowest BCUT2D eigenvalue weighted by Crippen LogP contribution is -2.21. The van der Waals surface area contributed by atoms with Gasteiger partial charge in [0.2, 0.25) is 0 Å². The Bertz CT molecular complexity index is 1370. The highest BCUT2D eigenvalue weighted by molar-refractivity contribution is 6.30. The molecule has 11 nitrogen and oxygen atoms in total. The Labute approximate surface area is 230 Å². The number of benzene rings is 1. The number of nitrogens with one attached hydrogen (secondary N) is 2. The molecular weight excluding hydrogens is 559 g/mol. The maximum absolute atomic E-state index is 13.0. The molecule has 0 spiro atoms. The number of carboxylic acid groups (broad SMARTS) is 1. The molecule has 0 unspecified atom stereocenters. The van der Waals surface area contributed by atoms with Crippen molar-refractivity contribution in [2.24, 2.45) is 5.73 Å². The number of amides is 2. The minimum absolute atomic E-state index is 0.00597. The number of nitrogens with zero attached hydrogens (tertiary/aromatic N) is 2. The lowest BCUT2D eigenvalue weighted by atomic mass is 10.1. The van der Waals surface area contributed by atoms with Gasteiger partial charge < -0.3 is 26.2 Å². The average Bonchev–Trinajstić information content (AvgIpc) is 2.90. The Balaban J connectivity index is 0.000000708. The molecule has 0 saturated carbocycles. The van der Waals surface area contributed by atoms with Crippen LogP contribution in [0.5, 0.6) is 5.75 Å². The van der Waals surface area contributed by atoms with Gasteiger partial charge in [0.15, 0.2) is 11.5 Å². The highest BCUT2D eigenvalue weighted by atomic mass is 35.5. The van der Waals surface area contributed by atoms with Gasteiger partial charge in [-0.1, -0.05) is 17.7 Å². The molecule has 0 aliphatic carbocycles. The van der Waals surface area contributed by atoms with E-state index < -0.39 is 24.0 Å². The number of nitrogens with two attached hydrogens (primary N) is 1. The molecule has 0 fully saturated rings. The molecule has 0 radical (unpaired) electrons. The third-order valence-corrected chi connectivity index (χ3v) is 4.94. The van der Waals surface area contributed by atoms with Crippen LogP contribution < -0.4 is 21.1 Å². The number of anilines is 2. The maximum Gasteiger partial charge on any atom is 0.490 e. The number of ether oxygens (including phenoxy) is 1. The number of hydrogen-bond donors (Lipinski definition) is 4. The van der Waals surface area contributed by atoms with E-state index in [1.807, 2.05) is 0 Å². The minimum Gasteiger partial charge on any atom is -0.493 e. The molecule has 2 aromatic heterocycles. The van der Waals surface area contributed by atoms with Gasteiger partial charge in [-0.3, -0.25) is 14.4 Å². The summed E-state index contributed by atoms with van der Waals surface area (Å²) >= 11 is 5.82. The average molecular weight is 582 g/mol. The summed E-state index contributed by atoms with van der Waals surface area (Å²) in [5, 5.41) is 12.9. The third-order valence-electron chi connectivity index (χ3n) is 4.72. The molecular formula is C25H23ClF3N5O6. The minimum atomic E-state index is -5.08. The Morgan fingerprint density at radius 1 is 1.05 bits per heavy atom. The number of aliphatic carboxylic acids is 1. The van der Waals surface area contributed by atoms with Gasteiger partial charge in [0.1, 0.15) is 11.6 Å². The maximum atomic E-state index is 13.0.